The van der Waals surface area contributed by atoms with Gasteiger partial charge >= 0.3 is 0 Å². The zero-order chi connectivity index (χ0) is 18.5. The van der Waals surface area contributed by atoms with Gasteiger partial charge in [0.15, 0.2) is 6.61 Å². The van der Waals surface area contributed by atoms with E-state index in [4.69, 9.17) is 4.74 Å². The van der Waals surface area contributed by atoms with Gasteiger partial charge in [0.2, 0.25) is 5.91 Å². The Morgan fingerprint density at radius 3 is 2.92 bits per heavy atom. The van der Waals surface area contributed by atoms with Crippen molar-refractivity contribution >= 4 is 35.0 Å². The topological polar surface area (TPSA) is 67.4 Å². The first-order chi connectivity index (χ1) is 12.6. The standard InChI is InChI=1S/C20H22N2O3S/c1-3-13(2)15-6-4-5-7-17(15)25-11-19(23)21-14-8-9-18-16(10-14)22-20(24)12-26-18/h4-10,13H,3,11-12H2,1-2H3,(H,21,23)(H,22,24). The number of hydrogen-bond acceptors (Lipinski definition) is 4. The zero-order valence-electron chi connectivity index (χ0n) is 14.9. The molecule has 2 N–H and O–H groups in total. The first-order valence-electron chi connectivity index (χ1n) is 8.65. The summed E-state index contributed by atoms with van der Waals surface area (Å²) in [4.78, 5) is 24.7. The fourth-order valence-corrected chi connectivity index (χ4v) is 3.53. The van der Waals surface area contributed by atoms with E-state index >= 15 is 0 Å². The highest BCUT2D eigenvalue weighted by Gasteiger charge is 2.16. The number of carbonyl (C=O) groups is 2. The molecule has 1 aliphatic rings. The van der Waals surface area contributed by atoms with Crippen molar-refractivity contribution in [2.45, 2.75) is 31.1 Å². The largest absolute Gasteiger partial charge is 0.483 e. The van der Waals surface area contributed by atoms with E-state index < -0.39 is 0 Å². The normalized spacial score (nSPS) is 14.2. The average Bonchev–Trinajstić information content (AvgIpc) is 2.65. The summed E-state index contributed by atoms with van der Waals surface area (Å²) in [6.45, 7) is 4.20. The number of nitrogens with one attached hydrogen (secondary N) is 2. The highest BCUT2D eigenvalue weighted by atomic mass is 32.2. The molecule has 1 heterocycles. The Hall–Kier alpha value is -2.47. The van der Waals surface area contributed by atoms with Crippen molar-refractivity contribution in [1.29, 1.82) is 0 Å². The molecular formula is C20H22N2O3S. The molecule has 2 aromatic carbocycles. The molecule has 0 saturated heterocycles. The molecule has 1 atom stereocenters. The number of ether oxygens (including phenoxy) is 1. The van der Waals surface area contributed by atoms with E-state index in [-0.39, 0.29) is 18.4 Å². The number of para-hydroxylation sites is 1. The molecule has 0 bridgehead atoms. The van der Waals surface area contributed by atoms with Crippen LogP contribution in [-0.4, -0.2) is 24.2 Å². The van der Waals surface area contributed by atoms with Crippen LogP contribution in [-0.2, 0) is 9.59 Å². The lowest BCUT2D eigenvalue weighted by Gasteiger charge is -2.18. The molecule has 0 aliphatic carbocycles. The lowest BCUT2D eigenvalue weighted by molar-refractivity contribution is -0.118. The third kappa shape index (κ3) is 4.38. The fraction of sp³-hybridized carbons (Fsp3) is 0.300. The number of benzene rings is 2. The van der Waals surface area contributed by atoms with Crippen LogP contribution in [0.4, 0.5) is 11.4 Å². The van der Waals surface area contributed by atoms with E-state index in [1.165, 1.54) is 11.8 Å². The molecule has 0 fully saturated rings. The second-order valence-electron chi connectivity index (χ2n) is 6.23. The third-order valence-electron chi connectivity index (χ3n) is 4.32. The van der Waals surface area contributed by atoms with Crippen molar-refractivity contribution in [3.63, 3.8) is 0 Å². The summed E-state index contributed by atoms with van der Waals surface area (Å²) < 4.78 is 5.74. The zero-order valence-corrected chi connectivity index (χ0v) is 15.7. The van der Waals surface area contributed by atoms with Crippen LogP contribution < -0.4 is 15.4 Å². The number of anilines is 2. The first-order valence-corrected chi connectivity index (χ1v) is 9.63. The van der Waals surface area contributed by atoms with E-state index in [0.717, 1.165) is 28.3 Å². The predicted molar refractivity (Wildman–Crippen MR) is 105 cm³/mol. The molecule has 0 saturated carbocycles. The van der Waals surface area contributed by atoms with Crippen molar-refractivity contribution in [2.75, 3.05) is 23.0 Å². The maximum atomic E-state index is 12.2. The SMILES string of the molecule is CCC(C)c1ccccc1OCC(=O)Nc1ccc2c(c1)NC(=O)CS2. The summed E-state index contributed by atoms with van der Waals surface area (Å²) in [5.41, 5.74) is 2.47. The molecule has 3 rings (SSSR count). The maximum Gasteiger partial charge on any atom is 0.262 e. The van der Waals surface area contributed by atoms with Gasteiger partial charge in [-0.05, 0) is 42.2 Å². The third-order valence-corrected chi connectivity index (χ3v) is 5.39. The van der Waals surface area contributed by atoms with Crippen molar-refractivity contribution in [3.05, 3.63) is 48.0 Å². The fourth-order valence-electron chi connectivity index (χ4n) is 2.74. The molecule has 2 amide bonds. The summed E-state index contributed by atoms with van der Waals surface area (Å²) in [6, 6.07) is 13.3. The highest BCUT2D eigenvalue weighted by molar-refractivity contribution is 8.00. The summed E-state index contributed by atoms with van der Waals surface area (Å²) >= 11 is 1.49. The van der Waals surface area contributed by atoms with Crippen molar-refractivity contribution < 1.29 is 14.3 Å². The predicted octanol–water partition coefficient (Wildman–Crippen LogP) is 4.26. The molecule has 0 spiro atoms. The summed E-state index contributed by atoms with van der Waals surface area (Å²) in [5, 5.41) is 5.63. The Bertz CT molecular complexity index is 822. The summed E-state index contributed by atoms with van der Waals surface area (Å²) in [6.07, 6.45) is 1.01. The van der Waals surface area contributed by atoms with Gasteiger partial charge in [0.05, 0.1) is 11.4 Å². The molecule has 0 aromatic heterocycles. The Morgan fingerprint density at radius 2 is 2.12 bits per heavy atom. The van der Waals surface area contributed by atoms with Crippen LogP contribution in [0.3, 0.4) is 0 Å². The summed E-state index contributed by atoms with van der Waals surface area (Å²) in [7, 11) is 0. The van der Waals surface area contributed by atoms with Crippen LogP contribution in [0.5, 0.6) is 5.75 Å². The summed E-state index contributed by atoms with van der Waals surface area (Å²) in [5.74, 6) is 1.26. The quantitative estimate of drug-likeness (QED) is 0.797. The molecule has 6 heteroatoms. The van der Waals surface area contributed by atoms with Gasteiger partial charge in [-0.3, -0.25) is 9.59 Å². The van der Waals surface area contributed by atoms with Gasteiger partial charge in [-0.2, -0.15) is 0 Å². The van der Waals surface area contributed by atoms with E-state index in [2.05, 4.69) is 24.5 Å². The van der Waals surface area contributed by atoms with Gasteiger partial charge in [0.1, 0.15) is 5.75 Å². The molecule has 26 heavy (non-hydrogen) atoms. The Balaban J connectivity index is 1.62. The van der Waals surface area contributed by atoms with Gasteiger partial charge in [0, 0.05) is 10.6 Å². The number of amides is 2. The van der Waals surface area contributed by atoms with E-state index in [0.29, 0.717) is 17.4 Å². The Labute approximate surface area is 157 Å². The number of fused-ring (bicyclic) bond motifs is 1. The molecule has 136 valence electrons. The molecule has 2 aromatic rings. The number of rotatable bonds is 6. The molecule has 1 aliphatic heterocycles. The smallest absolute Gasteiger partial charge is 0.262 e. The van der Waals surface area contributed by atoms with Crippen LogP contribution in [0, 0.1) is 0 Å². The molecule has 5 nitrogen and oxygen atoms in total. The number of hydrogen-bond donors (Lipinski definition) is 2. The first kappa shape index (κ1) is 18.3. The van der Waals surface area contributed by atoms with Crippen molar-refractivity contribution in [3.8, 4) is 5.75 Å². The highest BCUT2D eigenvalue weighted by Crippen LogP contribution is 2.33. The van der Waals surface area contributed by atoms with E-state index in [9.17, 15) is 9.59 Å². The maximum absolute atomic E-state index is 12.2. The van der Waals surface area contributed by atoms with Crippen LogP contribution in [0.1, 0.15) is 31.7 Å². The average molecular weight is 370 g/mol. The monoisotopic (exact) mass is 370 g/mol. The van der Waals surface area contributed by atoms with Gasteiger partial charge in [0.25, 0.3) is 5.91 Å². The van der Waals surface area contributed by atoms with Gasteiger partial charge < -0.3 is 15.4 Å². The number of thioether (sulfide) groups is 1. The van der Waals surface area contributed by atoms with Gasteiger partial charge in [-0.25, -0.2) is 0 Å². The minimum Gasteiger partial charge on any atom is -0.483 e. The minimum absolute atomic E-state index is 0.0315. The Morgan fingerprint density at radius 1 is 1.31 bits per heavy atom. The van der Waals surface area contributed by atoms with Gasteiger partial charge in [-0.15, -0.1) is 11.8 Å². The van der Waals surface area contributed by atoms with Crippen LogP contribution in [0.2, 0.25) is 0 Å². The number of carbonyl (C=O) groups excluding carboxylic acids is 2. The van der Waals surface area contributed by atoms with E-state index in [1.807, 2.05) is 36.4 Å². The lowest BCUT2D eigenvalue weighted by atomic mass is 9.98. The molecule has 0 radical (unpaired) electrons. The van der Waals surface area contributed by atoms with Crippen LogP contribution >= 0.6 is 11.8 Å². The molecule has 1 unspecified atom stereocenters. The van der Waals surface area contributed by atoms with Gasteiger partial charge in [-0.1, -0.05) is 32.0 Å². The Kier molecular flexibility index (Phi) is 5.83. The lowest BCUT2D eigenvalue weighted by Crippen LogP contribution is -2.22. The van der Waals surface area contributed by atoms with Crippen molar-refractivity contribution in [2.24, 2.45) is 0 Å². The molecular weight excluding hydrogens is 348 g/mol. The minimum atomic E-state index is -0.237. The second-order valence-corrected chi connectivity index (χ2v) is 7.25. The van der Waals surface area contributed by atoms with Crippen molar-refractivity contribution in [1.82, 2.24) is 0 Å². The second kappa shape index (κ2) is 8.27. The van der Waals surface area contributed by atoms with Crippen LogP contribution in [0.15, 0.2) is 47.4 Å². The van der Waals surface area contributed by atoms with Crippen LogP contribution in [0.25, 0.3) is 0 Å². The van der Waals surface area contributed by atoms with E-state index in [1.54, 1.807) is 6.07 Å².